The second-order valence-electron chi connectivity index (χ2n) is 4.88. The van der Waals surface area contributed by atoms with E-state index in [-0.39, 0.29) is 16.4 Å². The minimum atomic E-state index is -0.589. The Morgan fingerprint density at radius 3 is 2.40 bits per heavy atom. The van der Waals surface area contributed by atoms with Crippen molar-refractivity contribution in [3.8, 4) is 0 Å². The number of rotatable bonds is 4. The average Bonchev–Trinajstić information content (AvgIpc) is 2.46. The van der Waals surface area contributed by atoms with Gasteiger partial charge < -0.3 is 0 Å². The summed E-state index contributed by atoms with van der Waals surface area (Å²) in [5.74, 6) is -0.463. The first-order chi connectivity index (χ1) is 9.52. The fourth-order valence-corrected chi connectivity index (χ4v) is 2.19. The van der Waals surface area contributed by atoms with Crippen LogP contribution in [0.1, 0.15) is 47.7 Å². The minimum Gasteiger partial charge on any atom is -0.288 e. The standard InChI is InChI=1S/C17H16ClFO/c1-3-11(2)12-4-6-13(7-5-12)17(20)15-9-8-14(18)10-16(15)19/h4-11H,3H2,1-2H3. The molecule has 0 heterocycles. The van der Waals surface area contributed by atoms with Crippen LogP contribution in [0.5, 0.6) is 0 Å². The molecule has 3 heteroatoms. The van der Waals surface area contributed by atoms with E-state index in [1.54, 1.807) is 12.1 Å². The molecule has 2 rings (SSSR count). The lowest BCUT2D eigenvalue weighted by Gasteiger charge is -2.09. The van der Waals surface area contributed by atoms with Gasteiger partial charge in [0.1, 0.15) is 5.82 Å². The number of benzene rings is 2. The molecule has 20 heavy (non-hydrogen) atoms. The van der Waals surface area contributed by atoms with E-state index in [2.05, 4.69) is 13.8 Å². The number of ketones is 1. The highest BCUT2D eigenvalue weighted by Crippen LogP contribution is 2.21. The summed E-state index contributed by atoms with van der Waals surface area (Å²) in [6.45, 7) is 4.25. The lowest BCUT2D eigenvalue weighted by atomic mass is 9.95. The summed E-state index contributed by atoms with van der Waals surface area (Å²) in [5.41, 5.74) is 1.71. The first-order valence-electron chi connectivity index (χ1n) is 6.62. The van der Waals surface area contributed by atoms with E-state index >= 15 is 0 Å². The first kappa shape index (κ1) is 14.7. The first-order valence-corrected chi connectivity index (χ1v) is 7.00. The summed E-state index contributed by atoms with van der Waals surface area (Å²) in [7, 11) is 0. The molecule has 0 N–H and O–H groups in total. The van der Waals surface area contributed by atoms with Gasteiger partial charge in [0.25, 0.3) is 0 Å². The van der Waals surface area contributed by atoms with Gasteiger partial charge in [-0.3, -0.25) is 4.79 Å². The van der Waals surface area contributed by atoms with Gasteiger partial charge in [0.05, 0.1) is 5.56 Å². The Bertz CT molecular complexity index is 619. The fourth-order valence-electron chi connectivity index (χ4n) is 2.03. The maximum absolute atomic E-state index is 13.7. The van der Waals surface area contributed by atoms with E-state index in [9.17, 15) is 9.18 Å². The molecule has 1 nitrogen and oxygen atoms in total. The highest BCUT2D eigenvalue weighted by Gasteiger charge is 2.14. The van der Waals surface area contributed by atoms with Crippen molar-refractivity contribution in [2.24, 2.45) is 0 Å². The summed E-state index contributed by atoms with van der Waals surface area (Å²) in [4.78, 5) is 12.2. The smallest absolute Gasteiger partial charge is 0.195 e. The van der Waals surface area contributed by atoms with Gasteiger partial charge in [-0.2, -0.15) is 0 Å². The van der Waals surface area contributed by atoms with E-state index < -0.39 is 5.82 Å². The molecule has 1 unspecified atom stereocenters. The van der Waals surface area contributed by atoms with E-state index in [1.165, 1.54) is 17.7 Å². The van der Waals surface area contributed by atoms with Crippen LogP contribution < -0.4 is 0 Å². The number of carbonyl (C=O) groups is 1. The quantitative estimate of drug-likeness (QED) is 0.705. The van der Waals surface area contributed by atoms with Crippen molar-refractivity contribution >= 4 is 17.4 Å². The van der Waals surface area contributed by atoms with Gasteiger partial charge >= 0.3 is 0 Å². The van der Waals surface area contributed by atoms with Crippen LogP contribution >= 0.6 is 11.6 Å². The Morgan fingerprint density at radius 2 is 1.85 bits per heavy atom. The Labute approximate surface area is 123 Å². The molecule has 1 atom stereocenters. The molecule has 0 amide bonds. The van der Waals surface area contributed by atoms with Crippen molar-refractivity contribution in [1.29, 1.82) is 0 Å². The van der Waals surface area contributed by atoms with Gasteiger partial charge in [0.15, 0.2) is 5.78 Å². The third-order valence-corrected chi connectivity index (χ3v) is 3.77. The van der Waals surface area contributed by atoms with Gasteiger partial charge in [-0.15, -0.1) is 0 Å². The maximum Gasteiger partial charge on any atom is 0.195 e. The molecule has 2 aromatic carbocycles. The van der Waals surface area contributed by atoms with Crippen molar-refractivity contribution in [2.75, 3.05) is 0 Å². The summed E-state index contributed by atoms with van der Waals surface area (Å²) >= 11 is 5.69. The number of hydrogen-bond donors (Lipinski definition) is 0. The average molecular weight is 291 g/mol. The molecule has 0 aromatic heterocycles. The molecule has 0 aliphatic heterocycles. The summed E-state index contributed by atoms with van der Waals surface area (Å²) < 4.78 is 13.7. The van der Waals surface area contributed by atoms with E-state index in [0.29, 0.717) is 11.5 Å². The van der Waals surface area contributed by atoms with E-state index in [4.69, 9.17) is 11.6 Å². The molecule has 0 aliphatic carbocycles. The monoisotopic (exact) mass is 290 g/mol. The number of hydrogen-bond acceptors (Lipinski definition) is 1. The molecule has 0 fully saturated rings. The lowest BCUT2D eigenvalue weighted by molar-refractivity contribution is 0.103. The number of carbonyl (C=O) groups excluding carboxylic acids is 1. The molecule has 2 aromatic rings. The molecule has 0 saturated heterocycles. The van der Waals surface area contributed by atoms with E-state index in [0.717, 1.165) is 12.5 Å². The van der Waals surface area contributed by atoms with Gasteiger partial charge in [-0.05, 0) is 36.1 Å². The molecule has 0 aliphatic rings. The van der Waals surface area contributed by atoms with Crippen molar-refractivity contribution in [3.63, 3.8) is 0 Å². The summed E-state index contributed by atoms with van der Waals surface area (Å²) in [6.07, 6.45) is 1.04. The van der Waals surface area contributed by atoms with Crippen LogP contribution in [-0.4, -0.2) is 5.78 Å². The van der Waals surface area contributed by atoms with Gasteiger partial charge in [-0.1, -0.05) is 49.7 Å². The van der Waals surface area contributed by atoms with Crippen LogP contribution in [0, 0.1) is 5.82 Å². The normalized spacial score (nSPS) is 12.2. The fraction of sp³-hybridized carbons (Fsp3) is 0.235. The topological polar surface area (TPSA) is 17.1 Å². The second-order valence-corrected chi connectivity index (χ2v) is 5.32. The predicted octanol–water partition coefficient (Wildman–Crippen LogP) is 5.22. The molecular weight excluding hydrogens is 275 g/mol. The zero-order valence-corrected chi connectivity index (χ0v) is 12.2. The largest absolute Gasteiger partial charge is 0.288 e. The highest BCUT2D eigenvalue weighted by molar-refractivity contribution is 6.30. The lowest BCUT2D eigenvalue weighted by Crippen LogP contribution is -2.04. The van der Waals surface area contributed by atoms with Crippen LogP contribution in [0.15, 0.2) is 42.5 Å². The Morgan fingerprint density at radius 1 is 1.20 bits per heavy atom. The number of halogens is 2. The zero-order chi connectivity index (χ0) is 14.7. The van der Waals surface area contributed by atoms with Crippen molar-refractivity contribution in [3.05, 3.63) is 70.0 Å². The highest BCUT2D eigenvalue weighted by atomic mass is 35.5. The van der Waals surface area contributed by atoms with Gasteiger partial charge in [0.2, 0.25) is 0 Å². The molecule has 0 spiro atoms. The van der Waals surface area contributed by atoms with Crippen LogP contribution in [0.3, 0.4) is 0 Å². The van der Waals surface area contributed by atoms with Crippen molar-refractivity contribution in [1.82, 2.24) is 0 Å². The molecular formula is C17H16ClFO. The SMILES string of the molecule is CCC(C)c1ccc(C(=O)c2ccc(Cl)cc2F)cc1. The van der Waals surface area contributed by atoms with Gasteiger partial charge in [0, 0.05) is 10.6 Å². The molecule has 0 bridgehead atoms. The third kappa shape index (κ3) is 3.07. The zero-order valence-electron chi connectivity index (χ0n) is 11.5. The summed E-state index contributed by atoms with van der Waals surface area (Å²) in [5, 5.41) is 0.283. The van der Waals surface area contributed by atoms with Crippen molar-refractivity contribution < 1.29 is 9.18 Å². The summed E-state index contributed by atoms with van der Waals surface area (Å²) in [6, 6.07) is 11.4. The maximum atomic E-state index is 13.7. The Hall–Kier alpha value is -1.67. The van der Waals surface area contributed by atoms with Crippen LogP contribution in [-0.2, 0) is 0 Å². The third-order valence-electron chi connectivity index (χ3n) is 3.53. The van der Waals surface area contributed by atoms with Crippen LogP contribution in [0.4, 0.5) is 4.39 Å². The van der Waals surface area contributed by atoms with E-state index in [1.807, 2.05) is 12.1 Å². The second kappa shape index (κ2) is 6.19. The van der Waals surface area contributed by atoms with Crippen molar-refractivity contribution in [2.45, 2.75) is 26.2 Å². The predicted molar refractivity (Wildman–Crippen MR) is 80.0 cm³/mol. The van der Waals surface area contributed by atoms with Crippen LogP contribution in [0.2, 0.25) is 5.02 Å². The van der Waals surface area contributed by atoms with Gasteiger partial charge in [-0.25, -0.2) is 4.39 Å². The Balaban J connectivity index is 2.29. The minimum absolute atomic E-state index is 0.0469. The molecule has 0 saturated carbocycles. The van der Waals surface area contributed by atoms with Crippen LogP contribution in [0.25, 0.3) is 0 Å². The Kier molecular flexibility index (Phi) is 4.56. The molecule has 0 radical (unpaired) electrons. The molecule has 104 valence electrons.